The van der Waals surface area contributed by atoms with Crippen LogP contribution in [0.2, 0.25) is 0 Å². The molecule has 1 aliphatic rings. The summed E-state index contributed by atoms with van der Waals surface area (Å²) < 4.78 is 14.5. The number of hydrogen-bond donors (Lipinski definition) is 2. The molecule has 0 saturated carbocycles. The standard InChI is InChI=1S/C20H20FN5O2/c21-17-4-2-1-3-16(17)19(15-12-23-24-13-15)26-9-7-25(8-10-26)18-6-5-14(11-22-18)20(27)28/h1-6,11-13,19H,7-10H2,(H,23,24)(H,27,28). The first-order valence-electron chi connectivity index (χ1n) is 9.05. The van der Waals surface area contributed by atoms with Gasteiger partial charge in [0.15, 0.2) is 0 Å². The summed E-state index contributed by atoms with van der Waals surface area (Å²) in [6.07, 6.45) is 4.91. The maximum atomic E-state index is 14.5. The third-order valence-corrected chi connectivity index (χ3v) is 5.03. The molecule has 0 amide bonds. The first-order chi connectivity index (χ1) is 13.6. The van der Waals surface area contributed by atoms with Crippen LogP contribution in [0.15, 0.2) is 55.0 Å². The van der Waals surface area contributed by atoms with Gasteiger partial charge in [0.2, 0.25) is 0 Å². The Labute approximate surface area is 161 Å². The number of nitrogens with one attached hydrogen (secondary N) is 1. The SMILES string of the molecule is O=C(O)c1ccc(N2CCN(C(c3cn[nH]c3)c3ccccc3F)CC2)nc1. The van der Waals surface area contributed by atoms with E-state index in [1.165, 1.54) is 12.3 Å². The van der Waals surface area contributed by atoms with E-state index in [4.69, 9.17) is 5.11 Å². The minimum absolute atomic E-state index is 0.168. The van der Waals surface area contributed by atoms with Crippen molar-refractivity contribution in [3.8, 4) is 0 Å². The first kappa shape index (κ1) is 18.1. The molecule has 1 aliphatic heterocycles. The summed E-state index contributed by atoms with van der Waals surface area (Å²) in [7, 11) is 0. The summed E-state index contributed by atoms with van der Waals surface area (Å²) in [4.78, 5) is 19.6. The molecule has 1 aromatic carbocycles. The van der Waals surface area contributed by atoms with Crippen molar-refractivity contribution >= 4 is 11.8 Å². The molecule has 1 atom stereocenters. The predicted molar refractivity (Wildman–Crippen MR) is 102 cm³/mol. The van der Waals surface area contributed by atoms with Gasteiger partial charge in [0.05, 0.1) is 17.8 Å². The van der Waals surface area contributed by atoms with Gasteiger partial charge in [0.1, 0.15) is 11.6 Å². The molecule has 0 spiro atoms. The second kappa shape index (κ2) is 7.77. The number of aromatic nitrogens is 3. The van der Waals surface area contributed by atoms with Crippen molar-refractivity contribution in [2.24, 2.45) is 0 Å². The molecule has 0 bridgehead atoms. The lowest BCUT2D eigenvalue weighted by Crippen LogP contribution is -2.48. The second-order valence-corrected chi connectivity index (χ2v) is 6.69. The van der Waals surface area contributed by atoms with E-state index in [1.54, 1.807) is 30.6 Å². The van der Waals surface area contributed by atoms with Gasteiger partial charge in [-0.15, -0.1) is 0 Å². The Bertz CT molecular complexity index is 937. The van der Waals surface area contributed by atoms with Gasteiger partial charge in [0.25, 0.3) is 0 Å². The summed E-state index contributed by atoms with van der Waals surface area (Å²) in [6, 6.07) is 9.89. The molecule has 0 radical (unpaired) electrons. The Morgan fingerprint density at radius 1 is 1.11 bits per heavy atom. The number of benzene rings is 1. The van der Waals surface area contributed by atoms with Gasteiger partial charge < -0.3 is 10.0 Å². The van der Waals surface area contributed by atoms with Gasteiger partial charge in [-0.05, 0) is 18.2 Å². The van der Waals surface area contributed by atoms with E-state index >= 15 is 0 Å². The van der Waals surface area contributed by atoms with Crippen LogP contribution in [0.5, 0.6) is 0 Å². The maximum Gasteiger partial charge on any atom is 0.337 e. The Morgan fingerprint density at radius 3 is 2.50 bits per heavy atom. The normalized spacial score (nSPS) is 16.1. The largest absolute Gasteiger partial charge is 0.478 e. The molecule has 8 heteroatoms. The Morgan fingerprint density at radius 2 is 1.89 bits per heavy atom. The number of aromatic carboxylic acids is 1. The van der Waals surface area contributed by atoms with Gasteiger partial charge in [-0.2, -0.15) is 5.10 Å². The van der Waals surface area contributed by atoms with Gasteiger partial charge in [0, 0.05) is 49.7 Å². The lowest BCUT2D eigenvalue weighted by atomic mass is 9.98. The molecule has 28 heavy (non-hydrogen) atoms. The van der Waals surface area contributed by atoms with Crippen LogP contribution in [-0.4, -0.2) is 57.3 Å². The summed E-state index contributed by atoms with van der Waals surface area (Å²) in [5.41, 5.74) is 1.71. The molecule has 1 saturated heterocycles. The summed E-state index contributed by atoms with van der Waals surface area (Å²) >= 11 is 0. The molecular formula is C20H20FN5O2. The van der Waals surface area contributed by atoms with Crippen LogP contribution in [0.1, 0.15) is 27.5 Å². The molecular weight excluding hydrogens is 361 g/mol. The van der Waals surface area contributed by atoms with Crippen LogP contribution in [0, 0.1) is 5.82 Å². The number of H-pyrrole nitrogens is 1. The molecule has 1 unspecified atom stereocenters. The highest BCUT2D eigenvalue weighted by Gasteiger charge is 2.29. The molecule has 0 aliphatic carbocycles. The van der Waals surface area contributed by atoms with E-state index in [0.717, 1.165) is 11.4 Å². The number of halogens is 1. The Kier molecular flexibility index (Phi) is 5.03. The van der Waals surface area contributed by atoms with Crippen molar-refractivity contribution in [3.63, 3.8) is 0 Å². The minimum Gasteiger partial charge on any atom is -0.478 e. The highest BCUT2D eigenvalue weighted by molar-refractivity contribution is 5.87. The number of carbonyl (C=O) groups is 1. The highest BCUT2D eigenvalue weighted by atomic mass is 19.1. The van der Waals surface area contributed by atoms with Gasteiger partial charge in [-0.1, -0.05) is 18.2 Å². The third kappa shape index (κ3) is 3.59. The number of carboxylic acid groups (broad SMARTS) is 1. The van der Waals surface area contributed by atoms with Crippen molar-refractivity contribution in [3.05, 3.63) is 77.5 Å². The van der Waals surface area contributed by atoms with Crippen LogP contribution in [0.3, 0.4) is 0 Å². The number of hydrogen-bond acceptors (Lipinski definition) is 5. The van der Waals surface area contributed by atoms with Gasteiger partial charge in [-0.25, -0.2) is 14.2 Å². The van der Waals surface area contributed by atoms with Crippen LogP contribution in [0.25, 0.3) is 0 Å². The summed E-state index contributed by atoms with van der Waals surface area (Å²) in [6.45, 7) is 2.85. The van der Waals surface area contributed by atoms with E-state index < -0.39 is 5.97 Å². The molecule has 7 nitrogen and oxygen atoms in total. The number of aromatic amines is 1. The smallest absolute Gasteiger partial charge is 0.337 e. The number of carboxylic acids is 1. The lowest BCUT2D eigenvalue weighted by molar-refractivity contribution is 0.0696. The zero-order valence-corrected chi connectivity index (χ0v) is 15.1. The van der Waals surface area contributed by atoms with Crippen molar-refractivity contribution in [1.29, 1.82) is 0 Å². The highest BCUT2D eigenvalue weighted by Crippen LogP contribution is 2.31. The quantitative estimate of drug-likeness (QED) is 0.707. The number of pyridine rings is 1. The van der Waals surface area contributed by atoms with E-state index in [9.17, 15) is 9.18 Å². The summed E-state index contributed by atoms with van der Waals surface area (Å²) in [5, 5.41) is 15.9. The monoisotopic (exact) mass is 381 g/mol. The van der Waals surface area contributed by atoms with Gasteiger partial charge >= 0.3 is 5.97 Å². The minimum atomic E-state index is -0.989. The Hall–Kier alpha value is -3.26. The molecule has 3 heterocycles. The third-order valence-electron chi connectivity index (χ3n) is 5.03. The number of anilines is 1. The lowest BCUT2D eigenvalue weighted by Gasteiger charge is -2.39. The second-order valence-electron chi connectivity index (χ2n) is 6.69. The number of nitrogens with zero attached hydrogens (tertiary/aromatic N) is 4. The Balaban J connectivity index is 1.52. The maximum absolute atomic E-state index is 14.5. The molecule has 2 N–H and O–H groups in total. The molecule has 1 fully saturated rings. The van der Waals surface area contributed by atoms with Crippen LogP contribution in [-0.2, 0) is 0 Å². The van der Waals surface area contributed by atoms with E-state index in [-0.39, 0.29) is 17.4 Å². The zero-order valence-electron chi connectivity index (χ0n) is 15.1. The fourth-order valence-electron chi connectivity index (χ4n) is 3.60. The van der Waals surface area contributed by atoms with Crippen molar-refractivity contribution in [2.45, 2.75) is 6.04 Å². The van der Waals surface area contributed by atoms with E-state index in [2.05, 4.69) is 25.0 Å². The van der Waals surface area contributed by atoms with Crippen LogP contribution >= 0.6 is 0 Å². The first-order valence-corrected chi connectivity index (χ1v) is 9.05. The topological polar surface area (TPSA) is 85.4 Å². The molecule has 3 aromatic rings. The average Bonchev–Trinajstić information content (AvgIpc) is 3.25. The zero-order chi connectivity index (χ0) is 19.5. The summed E-state index contributed by atoms with van der Waals surface area (Å²) in [5.74, 6) is -0.478. The van der Waals surface area contributed by atoms with Crippen LogP contribution in [0.4, 0.5) is 10.2 Å². The van der Waals surface area contributed by atoms with E-state index in [0.29, 0.717) is 31.7 Å². The van der Waals surface area contributed by atoms with Crippen molar-refractivity contribution in [2.75, 3.05) is 31.1 Å². The molecule has 144 valence electrons. The molecule has 4 rings (SSSR count). The fourth-order valence-corrected chi connectivity index (χ4v) is 3.60. The number of piperazine rings is 1. The van der Waals surface area contributed by atoms with Crippen molar-refractivity contribution < 1.29 is 14.3 Å². The fraction of sp³-hybridized carbons (Fsp3) is 0.250. The van der Waals surface area contributed by atoms with Gasteiger partial charge in [-0.3, -0.25) is 10.00 Å². The number of rotatable bonds is 5. The average molecular weight is 381 g/mol. The van der Waals surface area contributed by atoms with Crippen LogP contribution < -0.4 is 4.90 Å². The van der Waals surface area contributed by atoms with Crippen molar-refractivity contribution in [1.82, 2.24) is 20.1 Å². The predicted octanol–water partition coefficient (Wildman–Crippen LogP) is 2.55. The van der Waals surface area contributed by atoms with E-state index in [1.807, 2.05) is 12.1 Å². The molecule has 2 aromatic heterocycles.